The van der Waals surface area contributed by atoms with Crippen molar-refractivity contribution in [1.29, 1.82) is 0 Å². The van der Waals surface area contributed by atoms with Crippen LogP contribution in [0.2, 0.25) is 0 Å². The summed E-state index contributed by atoms with van der Waals surface area (Å²) in [6.07, 6.45) is 2.60. The van der Waals surface area contributed by atoms with Crippen LogP contribution >= 0.6 is 0 Å². The summed E-state index contributed by atoms with van der Waals surface area (Å²) in [5.74, 6) is -0.267. The Kier molecular flexibility index (Phi) is 5.75. The molecule has 0 unspecified atom stereocenters. The van der Waals surface area contributed by atoms with Gasteiger partial charge in [-0.2, -0.15) is 0 Å². The molecule has 5 nitrogen and oxygen atoms in total. The van der Waals surface area contributed by atoms with E-state index in [1.165, 1.54) is 12.8 Å². The van der Waals surface area contributed by atoms with E-state index in [1.54, 1.807) is 0 Å². The number of carbonyl (C=O) groups is 2. The Morgan fingerprint density at radius 2 is 1.59 bits per heavy atom. The summed E-state index contributed by atoms with van der Waals surface area (Å²) in [7, 11) is 0. The van der Waals surface area contributed by atoms with Crippen molar-refractivity contribution in [3.8, 4) is 0 Å². The molecule has 5 heteroatoms. The Labute approximate surface area is 170 Å². The molecule has 148 valence electrons. The summed E-state index contributed by atoms with van der Waals surface area (Å²) in [5.41, 5.74) is 2.50. The molecule has 3 aromatic carbocycles. The molecule has 0 bridgehead atoms. The van der Waals surface area contributed by atoms with E-state index in [9.17, 15) is 9.59 Å². The maximum atomic E-state index is 12.4. The second-order valence-corrected chi connectivity index (χ2v) is 7.33. The quantitative estimate of drug-likeness (QED) is 0.666. The van der Waals surface area contributed by atoms with Gasteiger partial charge in [0.15, 0.2) is 0 Å². The lowest BCUT2D eigenvalue weighted by Gasteiger charge is -2.21. The first kappa shape index (κ1) is 19.0. The van der Waals surface area contributed by atoms with Crippen molar-refractivity contribution in [2.24, 2.45) is 0 Å². The average molecular weight is 387 g/mol. The van der Waals surface area contributed by atoms with E-state index in [0.29, 0.717) is 12.1 Å². The maximum absolute atomic E-state index is 12.4. The second kappa shape index (κ2) is 8.78. The van der Waals surface area contributed by atoms with Crippen molar-refractivity contribution in [3.63, 3.8) is 0 Å². The van der Waals surface area contributed by atoms with Crippen LogP contribution in [0.15, 0.2) is 66.7 Å². The number of para-hydroxylation sites is 2. The van der Waals surface area contributed by atoms with Crippen LogP contribution in [0.1, 0.15) is 29.6 Å². The minimum absolute atomic E-state index is 0.101. The molecule has 1 saturated heterocycles. The first-order valence-corrected chi connectivity index (χ1v) is 10.1. The monoisotopic (exact) mass is 387 g/mol. The van der Waals surface area contributed by atoms with Crippen LogP contribution in [0.5, 0.6) is 0 Å². The number of rotatable bonds is 6. The van der Waals surface area contributed by atoms with Crippen LogP contribution in [0.3, 0.4) is 0 Å². The van der Waals surface area contributed by atoms with Crippen molar-refractivity contribution in [1.82, 2.24) is 5.32 Å². The van der Waals surface area contributed by atoms with E-state index in [2.05, 4.69) is 15.5 Å². The molecule has 29 heavy (non-hydrogen) atoms. The van der Waals surface area contributed by atoms with Crippen molar-refractivity contribution < 1.29 is 9.59 Å². The highest BCUT2D eigenvalue weighted by molar-refractivity contribution is 5.99. The van der Waals surface area contributed by atoms with Crippen LogP contribution in [-0.2, 0) is 4.79 Å². The van der Waals surface area contributed by atoms with Gasteiger partial charge < -0.3 is 15.5 Å². The standard InChI is InChI=1S/C24H25N3O2/c28-23(26-21-9-3-4-10-22(21)27-15-5-6-16-27)13-14-25-24(29)20-12-11-18-7-1-2-8-19(18)17-20/h1-4,7-12,17H,5-6,13-16H2,(H,25,29)(H,26,28). The zero-order valence-electron chi connectivity index (χ0n) is 16.4. The lowest BCUT2D eigenvalue weighted by atomic mass is 10.1. The van der Waals surface area contributed by atoms with Crippen LogP contribution < -0.4 is 15.5 Å². The van der Waals surface area contributed by atoms with Gasteiger partial charge in [-0.05, 0) is 47.9 Å². The number of carbonyl (C=O) groups excluding carboxylic acids is 2. The molecule has 0 atom stereocenters. The van der Waals surface area contributed by atoms with Crippen molar-refractivity contribution in [3.05, 3.63) is 72.3 Å². The summed E-state index contributed by atoms with van der Waals surface area (Å²) in [6, 6.07) is 21.4. The molecule has 0 radical (unpaired) electrons. The highest BCUT2D eigenvalue weighted by Gasteiger charge is 2.16. The molecule has 0 aromatic heterocycles. The van der Waals surface area contributed by atoms with Crippen LogP contribution in [0, 0.1) is 0 Å². The molecule has 4 rings (SSSR count). The predicted octanol–water partition coefficient (Wildman–Crippen LogP) is 4.20. The number of fused-ring (bicyclic) bond motifs is 1. The Bertz CT molecular complexity index is 1030. The fourth-order valence-corrected chi connectivity index (χ4v) is 3.75. The molecule has 1 aliphatic heterocycles. The predicted molar refractivity (Wildman–Crippen MR) is 117 cm³/mol. The van der Waals surface area contributed by atoms with E-state index in [1.807, 2.05) is 66.7 Å². The number of nitrogens with one attached hydrogen (secondary N) is 2. The molecule has 1 heterocycles. The average Bonchev–Trinajstić information content (AvgIpc) is 3.28. The molecule has 1 aliphatic rings. The number of nitrogens with zero attached hydrogens (tertiary/aromatic N) is 1. The summed E-state index contributed by atoms with van der Waals surface area (Å²) in [5, 5.41) is 7.95. The number of amides is 2. The molecule has 0 aliphatic carbocycles. The molecule has 0 saturated carbocycles. The SMILES string of the molecule is O=C(CCNC(=O)c1ccc2ccccc2c1)Nc1ccccc1N1CCCC1. The normalized spacial score (nSPS) is 13.4. The lowest BCUT2D eigenvalue weighted by molar-refractivity contribution is -0.116. The Balaban J connectivity index is 1.31. The third-order valence-electron chi connectivity index (χ3n) is 5.27. The summed E-state index contributed by atoms with van der Waals surface area (Å²) >= 11 is 0. The molecule has 1 fully saturated rings. The lowest BCUT2D eigenvalue weighted by Crippen LogP contribution is -2.28. The van der Waals surface area contributed by atoms with Crippen LogP contribution in [0.4, 0.5) is 11.4 Å². The van der Waals surface area contributed by atoms with Gasteiger partial charge in [0, 0.05) is 31.6 Å². The largest absolute Gasteiger partial charge is 0.370 e. The van der Waals surface area contributed by atoms with Crippen LogP contribution in [-0.4, -0.2) is 31.4 Å². The summed E-state index contributed by atoms with van der Waals surface area (Å²) in [6.45, 7) is 2.34. The molecular weight excluding hydrogens is 362 g/mol. The Morgan fingerprint density at radius 3 is 2.41 bits per heavy atom. The van der Waals surface area contributed by atoms with E-state index < -0.39 is 0 Å². The van der Waals surface area contributed by atoms with Crippen molar-refractivity contribution in [2.45, 2.75) is 19.3 Å². The van der Waals surface area contributed by atoms with Gasteiger partial charge in [-0.1, -0.05) is 42.5 Å². The first-order chi connectivity index (χ1) is 14.2. The molecule has 0 spiro atoms. The Morgan fingerprint density at radius 1 is 0.862 bits per heavy atom. The molecule has 3 aromatic rings. The fourth-order valence-electron chi connectivity index (χ4n) is 3.75. The topological polar surface area (TPSA) is 61.4 Å². The highest BCUT2D eigenvalue weighted by atomic mass is 16.2. The minimum Gasteiger partial charge on any atom is -0.370 e. The fraction of sp³-hybridized carbons (Fsp3) is 0.250. The second-order valence-electron chi connectivity index (χ2n) is 7.33. The van der Waals surface area contributed by atoms with Gasteiger partial charge in [-0.15, -0.1) is 0 Å². The molecular formula is C24H25N3O2. The zero-order valence-corrected chi connectivity index (χ0v) is 16.4. The van der Waals surface area contributed by atoms with Gasteiger partial charge in [0.2, 0.25) is 5.91 Å². The van der Waals surface area contributed by atoms with Crippen LogP contribution in [0.25, 0.3) is 10.8 Å². The smallest absolute Gasteiger partial charge is 0.251 e. The van der Waals surface area contributed by atoms with E-state index in [-0.39, 0.29) is 18.2 Å². The molecule has 2 amide bonds. The minimum atomic E-state index is -0.166. The highest BCUT2D eigenvalue weighted by Crippen LogP contribution is 2.28. The number of hydrogen-bond donors (Lipinski definition) is 2. The third kappa shape index (κ3) is 4.57. The molecule has 2 N–H and O–H groups in total. The van der Waals surface area contributed by atoms with E-state index in [4.69, 9.17) is 0 Å². The number of hydrogen-bond acceptors (Lipinski definition) is 3. The van der Waals surface area contributed by atoms with Gasteiger partial charge in [0.05, 0.1) is 11.4 Å². The van der Waals surface area contributed by atoms with Gasteiger partial charge in [0.1, 0.15) is 0 Å². The first-order valence-electron chi connectivity index (χ1n) is 10.1. The third-order valence-corrected chi connectivity index (χ3v) is 5.27. The summed E-state index contributed by atoms with van der Waals surface area (Å²) < 4.78 is 0. The van der Waals surface area contributed by atoms with Gasteiger partial charge in [0.25, 0.3) is 5.91 Å². The number of anilines is 2. The van der Waals surface area contributed by atoms with Crippen molar-refractivity contribution >= 4 is 34.0 Å². The van der Waals surface area contributed by atoms with Gasteiger partial charge >= 0.3 is 0 Å². The zero-order chi connectivity index (χ0) is 20.1. The number of benzene rings is 3. The van der Waals surface area contributed by atoms with Gasteiger partial charge in [-0.3, -0.25) is 9.59 Å². The van der Waals surface area contributed by atoms with Crippen molar-refractivity contribution in [2.75, 3.05) is 29.9 Å². The van der Waals surface area contributed by atoms with E-state index >= 15 is 0 Å². The Hall–Kier alpha value is -3.34. The summed E-state index contributed by atoms with van der Waals surface area (Å²) in [4.78, 5) is 27.1. The van der Waals surface area contributed by atoms with Gasteiger partial charge in [-0.25, -0.2) is 0 Å². The van der Waals surface area contributed by atoms with E-state index in [0.717, 1.165) is 35.2 Å². The maximum Gasteiger partial charge on any atom is 0.251 e.